The second-order valence-electron chi connectivity index (χ2n) is 11.7. The molecule has 10 aromatic rings. The standard InChI is InChI=1S/C42H24N2OS/c1-2-12-26(13-3-1)33-24-34-37-32(18-10-19-35(37)45-40(34)30-16-7-6-15-29(30)33)39-41-38(31-17-8-9-20-36(31)46-41)43-42(44-39)28-22-21-25-11-4-5-14-27(25)23-28/h1-24H. The third-order valence-corrected chi connectivity index (χ3v) is 10.2. The van der Waals surface area contributed by atoms with E-state index >= 15 is 0 Å². The van der Waals surface area contributed by atoms with Crippen molar-refractivity contribution < 1.29 is 4.42 Å². The molecular formula is C42H24N2OS. The molecule has 7 aromatic carbocycles. The smallest absolute Gasteiger partial charge is 0.160 e. The first kappa shape index (κ1) is 25.5. The second-order valence-corrected chi connectivity index (χ2v) is 12.8. The molecule has 0 saturated heterocycles. The Balaban J connectivity index is 1.32. The molecule has 10 rings (SSSR count). The fraction of sp³-hybridized carbons (Fsp3) is 0. The third-order valence-electron chi connectivity index (χ3n) is 9.07. The molecule has 0 amide bonds. The largest absolute Gasteiger partial charge is 0.455 e. The zero-order chi connectivity index (χ0) is 30.2. The van der Waals surface area contributed by atoms with Crippen molar-refractivity contribution in [3.05, 3.63) is 146 Å². The van der Waals surface area contributed by atoms with Crippen molar-refractivity contribution in [2.75, 3.05) is 0 Å². The number of thiophene rings is 1. The molecule has 0 bridgehead atoms. The lowest BCUT2D eigenvalue weighted by Gasteiger charge is -2.10. The molecule has 0 atom stereocenters. The van der Waals surface area contributed by atoms with Crippen LogP contribution in [0.25, 0.3) is 97.6 Å². The van der Waals surface area contributed by atoms with Gasteiger partial charge in [-0.2, -0.15) is 0 Å². The molecule has 0 saturated carbocycles. The first-order valence-electron chi connectivity index (χ1n) is 15.4. The summed E-state index contributed by atoms with van der Waals surface area (Å²) in [5.74, 6) is 0.719. The summed E-state index contributed by atoms with van der Waals surface area (Å²) in [6.45, 7) is 0. The number of nitrogens with zero attached hydrogens (tertiary/aromatic N) is 2. The van der Waals surface area contributed by atoms with Gasteiger partial charge in [-0.3, -0.25) is 0 Å². The van der Waals surface area contributed by atoms with Crippen molar-refractivity contribution in [2.24, 2.45) is 0 Å². The lowest BCUT2D eigenvalue weighted by Crippen LogP contribution is -1.94. The van der Waals surface area contributed by atoms with Crippen LogP contribution in [0.4, 0.5) is 0 Å². The van der Waals surface area contributed by atoms with Crippen LogP contribution >= 0.6 is 11.3 Å². The Hall–Kier alpha value is -5.84. The molecule has 0 spiro atoms. The van der Waals surface area contributed by atoms with Crippen LogP contribution in [0.15, 0.2) is 150 Å². The van der Waals surface area contributed by atoms with E-state index in [1.165, 1.54) is 32.0 Å². The first-order chi connectivity index (χ1) is 22.8. The molecule has 3 heterocycles. The SMILES string of the molecule is c1ccc(-c2cc3c(oc4cccc(-c5nc(-c6ccc7ccccc7c6)nc6c5sc5ccccc56)c43)c3ccccc23)cc1. The highest BCUT2D eigenvalue weighted by atomic mass is 32.1. The number of rotatable bonds is 3. The van der Waals surface area contributed by atoms with Crippen molar-refractivity contribution in [2.45, 2.75) is 0 Å². The Morgan fingerprint density at radius 1 is 0.500 bits per heavy atom. The van der Waals surface area contributed by atoms with Crippen LogP contribution in [0.1, 0.15) is 0 Å². The highest BCUT2D eigenvalue weighted by Gasteiger charge is 2.22. The third kappa shape index (κ3) is 3.77. The molecule has 0 unspecified atom stereocenters. The predicted octanol–water partition coefficient (Wildman–Crippen LogP) is 12.1. The van der Waals surface area contributed by atoms with Gasteiger partial charge in [0.2, 0.25) is 0 Å². The Kier molecular flexibility index (Phi) is 5.45. The minimum atomic E-state index is 0.719. The number of hydrogen-bond donors (Lipinski definition) is 0. The molecule has 0 aliphatic carbocycles. The summed E-state index contributed by atoms with van der Waals surface area (Å²) in [5, 5.41) is 7.95. The number of benzene rings is 7. The van der Waals surface area contributed by atoms with Gasteiger partial charge in [0.25, 0.3) is 0 Å². The van der Waals surface area contributed by atoms with E-state index in [0.717, 1.165) is 65.6 Å². The summed E-state index contributed by atoms with van der Waals surface area (Å²) in [7, 11) is 0. The zero-order valence-electron chi connectivity index (χ0n) is 24.6. The quantitative estimate of drug-likeness (QED) is 0.201. The number of furan rings is 1. The number of aromatic nitrogens is 2. The molecule has 3 nitrogen and oxygen atoms in total. The maximum Gasteiger partial charge on any atom is 0.160 e. The van der Waals surface area contributed by atoms with Gasteiger partial charge in [0.05, 0.1) is 15.9 Å². The van der Waals surface area contributed by atoms with Gasteiger partial charge in [-0.15, -0.1) is 11.3 Å². The minimum absolute atomic E-state index is 0.719. The summed E-state index contributed by atoms with van der Waals surface area (Å²) < 4.78 is 8.99. The molecule has 46 heavy (non-hydrogen) atoms. The fourth-order valence-corrected chi connectivity index (χ4v) is 8.08. The number of hydrogen-bond acceptors (Lipinski definition) is 4. The summed E-state index contributed by atoms with van der Waals surface area (Å²) in [6, 6.07) is 51.2. The first-order valence-corrected chi connectivity index (χ1v) is 16.2. The molecule has 3 aromatic heterocycles. The highest BCUT2D eigenvalue weighted by molar-refractivity contribution is 7.26. The Labute approximate surface area is 268 Å². The van der Waals surface area contributed by atoms with Crippen molar-refractivity contribution in [1.29, 1.82) is 0 Å². The minimum Gasteiger partial charge on any atom is -0.455 e. The predicted molar refractivity (Wildman–Crippen MR) is 194 cm³/mol. The van der Waals surface area contributed by atoms with E-state index in [-0.39, 0.29) is 0 Å². The van der Waals surface area contributed by atoms with Crippen LogP contribution in [-0.4, -0.2) is 9.97 Å². The molecule has 0 aliphatic rings. The van der Waals surface area contributed by atoms with Gasteiger partial charge in [0.15, 0.2) is 5.82 Å². The summed E-state index contributed by atoms with van der Waals surface area (Å²) in [5.41, 5.74) is 8.07. The Morgan fingerprint density at radius 2 is 1.26 bits per heavy atom. The average molecular weight is 605 g/mol. The van der Waals surface area contributed by atoms with E-state index in [1.54, 1.807) is 11.3 Å². The van der Waals surface area contributed by atoms with Gasteiger partial charge in [0.1, 0.15) is 11.2 Å². The maximum absolute atomic E-state index is 6.71. The van der Waals surface area contributed by atoms with Gasteiger partial charge >= 0.3 is 0 Å². The summed E-state index contributed by atoms with van der Waals surface area (Å²) in [4.78, 5) is 10.6. The molecule has 214 valence electrons. The van der Waals surface area contributed by atoms with E-state index in [1.807, 2.05) is 0 Å². The van der Waals surface area contributed by atoms with Gasteiger partial charge in [-0.05, 0) is 51.6 Å². The lowest BCUT2D eigenvalue weighted by molar-refractivity contribution is 0.673. The van der Waals surface area contributed by atoms with Crippen LogP contribution in [0.5, 0.6) is 0 Å². The van der Waals surface area contributed by atoms with Crippen LogP contribution in [0.2, 0.25) is 0 Å². The van der Waals surface area contributed by atoms with E-state index in [4.69, 9.17) is 14.4 Å². The van der Waals surface area contributed by atoms with Gasteiger partial charge in [0, 0.05) is 37.4 Å². The van der Waals surface area contributed by atoms with Crippen molar-refractivity contribution in [3.8, 4) is 33.8 Å². The summed E-state index contributed by atoms with van der Waals surface area (Å²) in [6.07, 6.45) is 0. The van der Waals surface area contributed by atoms with E-state index < -0.39 is 0 Å². The van der Waals surface area contributed by atoms with Crippen LogP contribution in [0.3, 0.4) is 0 Å². The molecular weight excluding hydrogens is 581 g/mol. The Bertz CT molecular complexity index is 2810. The average Bonchev–Trinajstić information content (AvgIpc) is 3.70. The van der Waals surface area contributed by atoms with Gasteiger partial charge in [-0.1, -0.05) is 121 Å². The molecule has 4 heteroatoms. The van der Waals surface area contributed by atoms with Gasteiger partial charge < -0.3 is 4.42 Å². The van der Waals surface area contributed by atoms with Crippen LogP contribution in [0, 0.1) is 0 Å². The topological polar surface area (TPSA) is 38.9 Å². The second kappa shape index (κ2) is 9.83. The lowest BCUT2D eigenvalue weighted by atomic mass is 9.94. The van der Waals surface area contributed by atoms with Crippen LogP contribution < -0.4 is 0 Å². The normalized spacial score (nSPS) is 11.9. The molecule has 0 fully saturated rings. The van der Waals surface area contributed by atoms with Crippen molar-refractivity contribution in [3.63, 3.8) is 0 Å². The summed E-state index contributed by atoms with van der Waals surface area (Å²) >= 11 is 1.75. The molecule has 0 N–H and O–H groups in total. The van der Waals surface area contributed by atoms with E-state index in [2.05, 4.69) is 146 Å². The van der Waals surface area contributed by atoms with E-state index in [9.17, 15) is 0 Å². The molecule has 0 aliphatic heterocycles. The van der Waals surface area contributed by atoms with E-state index in [0.29, 0.717) is 0 Å². The van der Waals surface area contributed by atoms with Crippen molar-refractivity contribution in [1.82, 2.24) is 9.97 Å². The number of fused-ring (bicyclic) bond motifs is 9. The zero-order valence-corrected chi connectivity index (χ0v) is 25.4. The maximum atomic E-state index is 6.71. The highest BCUT2D eigenvalue weighted by Crippen LogP contribution is 2.46. The monoisotopic (exact) mass is 604 g/mol. The van der Waals surface area contributed by atoms with Crippen molar-refractivity contribution >= 4 is 75.1 Å². The fourth-order valence-electron chi connectivity index (χ4n) is 6.93. The van der Waals surface area contributed by atoms with Crippen LogP contribution in [-0.2, 0) is 0 Å². The van der Waals surface area contributed by atoms with Gasteiger partial charge in [-0.25, -0.2) is 9.97 Å². The Morgan fingerprint density at radius 3 is 2.15 bits per heavy atom. The molecule has 0 radical (unpaired) electrons.